The van der Waals surface area contributed by atoms with Gasteiger partial charge in [-0.2, -0.15) is 0 Å². The highest BCUT2D eigenvalue weighted by Crippen LogP contribution is 2.26. The molecule has 2 aromatic carbocycles. The summed E-state index contributed by atoms with van der Waals surface area (Å²) in [5.41, 5.74) is 3.20. The summed E-state index contributed by atoms with van der Waals surface area (Å²) in [6, 6.07) is 15.1. The Hall–Kier alpha value is -3.22. The van der Waals surface area contributed by atoms with Gasteiger partial charge in [0.05, 0.1) is 35.6 Å². The van der Waals surface area contributed by atoms with Crippen LogP contribution >= 0.6 is 0 Å². The largest absolute Gasteiger partial charge is 0.462 e. The lowest BCUT2D eigenvalue weighted by Crippen LogP contribution is -2.31. The smallest absolute Gasteiger partial charge is 0.336 e. The third-order valence-electron chi connectivity index (χ3n) is 7.34. The Morgan fingerprint density at radius 1 is 0.805 bits per heavy atom. The molecule has 2 N–H and O–H groups in total. The molecule has 6 heteroatoms. The van der Waals surface area contributed by atoms with Crippen molar-refractivity contribution < 1.29 is 29.3 Å². The van der Waals surface area contributed by atoms with Crippen LogP contribution in [0.4, 0.5) is 0 Å². The van der Waals surface area contributed by atoms with Crippen LogP contribution in [0, 0.1) is 12.8 Å². The fraction of sp³-hybridized carbons (Fsp3) is 0.486. The molecule has 2 rings (SSSR count). The molecule has 0 radical (unpaired) electrons. The number of unbranched alkanes of at least 4 members (excludes halogenated alkanes) is 2. The van der Waals surface area contributed by atoms with Crippen molar-refractivity contribution in [1.29, 1.82) is 0 Å². The predicted octanol–water partition coefficient (Wildman–Crippen LogP) is 6.68. The van der Waals surface area contributed by atoms with Crippen molar-refractivity contribution in [1.82, 2.24) is 0 Å². The van der Waals surface area contributed by atoms with Crippen LogP contribution in [0.3, 0.4) is 0 Å². The van der Waals surface area contributed by atoms with E-state index in [1.165, 1.54) is 63.6 Å². The Morgan fingerprint density at radius 3 is 1.78 bits per heavy atom. The van der Waals surface area contributed by atoms with Crippen LogP contribution in [0.25, 0.3) is 11.1 Å². The molecule has 0 heterocycles. The molecule has 0 bridgehead atoms. The summed E-state index contributed by atoms with van der Waals surface area (Å²) in [6.45, 7) is 17.5. The van der Waals surface area contributed by atoms with Gasteiger partial charge in [-0.05, 0) is 88.1 Å². The summed E-state index contributed by atoms with van der Waals surface area (Å²) in [6.07, 6.45) is 6.04. The predicted molar refractivity (Wildman–Crippen MR) is 164 cm³/mol. The van der Waals surface area contributed by atoms with Gasteiger partial charge in [-0.3, -0.25) is 0 Å². The standard InChI is InChI=1S/C35H48O6/c1-9-10-11-12-28-17-20-31(24(2)21-28)30-18-15-27(16-19-30)13-14-29(22-40-32(36)25(3)34(5,6)38)23-41-33(37)26(4)35(7,8)39/h15-21,29,38-39H,3-4,9-14,22-23H2,1-2,5-8H3. The zero-order valence-electron chi connectivity index (χ0n) is 25.7. The normalized spacial score (nSPS) is 11.8. The van der Waals surface area contributed by atoms with Gasteiger partial charge in [0.2, 0.25) is 0 Å². The molecule has 0 atom stereocenters. The number of carbonyl (C=O) groups is 2. The topological polar surface area (TPSA) is 93.1 Å². The first-order valence-electron chi connectivity index (χ1n) is 14.5. The summed E-state index contributed by atoms with van der Waals surface area (Å²) in [7, 11) is 0. The summed E-state index contributed by atoms with van der Waals surface area (Å²) in [5.74, 6) is -1.72. The third kappa shape index (κ3) is 10.9. The fourth-order valence-electron chi connectivity index (χ4n) is 4.28. The lowest BCUT2D eigenvalue weighted by atomic mass is 9.94. The van der Waals surface area contributed by atoms with Gasteiger partial charge in [-0.15, -0.1) is 0 Å². The van der Waals surface area contributed by atoms with Crippen molar-refractivity contribution in [2.45, 2.75) is 91.3 Å². The van der Waals surface area contributed by atoms with Crippen molar-refractivity contribution in [2.75, 3.05) is 13.2 Å². The Morgan fingerprint density at radius 2 is 1.32 bits per heavy atom. The van der Waals surface area contributed by atoms with Gasteiger partial charge in [0.1, 0.15) is 0 Å². The van der Waals surface area contributed by atoms with E-state index in [-0.39, 0.29) is 30.3 Å². The highest BCUT2D eigenvalue weighted by Gasteiger charge is 2.28. The fourth-order valence-corrected chi connectivity index (χ4v) is 4.28. The second kappa shape index (κ2) is 15.1. The number of hydrogen-bond acceptors (Lipinski definition) is 6. The highest BCUT2D eigenvalue weighted by molar-refractivity contribution is 5.90. The zero-order chi connectivity index (χ0) is 30.8. The van der Waals surface area contributed by atoms with Gasteiger partial charge in [0.25, 0.3) is 0 Å². The summed E-state index contributed by atoms with van der Waals surface area (Å²) < 4.78 is 10.8. The van der Waals surface area contributed by atoms with E-state index in [1.54, 1.807) is 0 Å². The summed E-state index contributed by atoms with van der Waals surface area (Å²) in [4.78, 5) is 24.8. The molecule has 2 aromatic rings. The zero-order valence-corrected chi connectivity index (χ0v) is 25.7. The molecule has 224 valence electrons. The minimum Gasteiger partial charge on any atom is -0.462 e. The lowest BCUT2D eigenvalue weighted by molar-refractivity contribution is -0.146. The van der Waals surface area contributed by atoms with Crippen molar-refractivity contribution >= 4 is 11.9 Å². The molecule has 6 nitrogen and oxygen atoms in total. The molecule has 0 unspecified atom stereocenters. The molecule has 41 heavy (non-hydrogen) atoms. The molecule has 0 aliphatic rings. The molecule has 0 aromatic heterocycles. The maximum Gasteiger partial charge on any atom is 0.336 e. The molecule has 0 aliphatic carbocycles. The first-order valence-corrected chi connectivity index (χ1v) is 14.5. The number of rotatable bonds is 16. The van der Waals surface area contributed by atoms with Gasteiger partial charge in [-0.25, -0.2) is 9.59 Å². The van der Waals surface area contributed by atoms with Crippen LogP contribution in [-0.4, -0.2) is 46.6 Å². The van der Waals surface area contributed by atoms with Crippen LogP contribution in [0.1, 0.15) is 77.0 Å². The van der Waals surface area contributed by atoms with Crippen LogP contribution in [0.5, 0.6) is 0 Å². The number of benzene rings is 2. The number of esters is 2. The van der Waals surface area contributed by atoms with E-state index in [9.17, 15) is 19.8 Å². The van der Waals surface area contributed by atoms with Gasteiger partial charge < -0.3 is 19.7 Å². The van der Waals surface area contributed by atoms with Gasteiger partial charge >= 0.3 is 11.9 Å². The highest BCUT2D eigenvalue weighted by atomic mass is 16.5. The average Bonchev–Trinajstić information content (AvgIpc) is 2.91. The summed E-state index contributed by atoms with van der Waals surface area (Å²) >= 11 is 0. The van der Waals surface area contributed by atoms with E-state index in [4.69, 9.17) is 9.47 Å². The number of carbonyl (C=O) groups excluding carboxylic acids is 2. The Kier molecular flexibility index (Phi) is 12.5. The number of hydrogen-bond donors (Lipinski definition) is 2. The SMILES string of the molecule is C=C(C(=O)OCC(CCc1ccc(-c2ccc(CCCCC)cc2C)cc1)COC(=O)C(=C)C(C)(C)O)C(C)(C)O. The Balaban J connectivity index is 2.07. The molecule has 0 saturated carbocycles. The number of aliphatic hydroxyl groups is 2. The lowest BCUT2D eigenvalue weighted by Gasteiger charge is -2.23. The Labute approximate surface area is 246 Å². The minimum absolute atomic E-state index is 0.0158. The third-order valence-corrected chi connectivity index (χ3v) is 7.34. The molecule has 0 aliphatic heterocycles. The molecular weight excluding hydrogens is 516 g/mol. The minimum atomic E-state index is -1.40. The first-order chi connectivity index (χ1) is 19.1. The molecule has 0 amide bonds. The van der Waals surface area contributed by atoms with E-state index >= 15 is 0 Å². The molecule has 0 saturated heterocycles. The first kappa shape index (κ1) is 34.0. The van der Waals surface area contributed by atoms with Crippen LogP contribution in [-0.2, 0) is 31.9 Å². The maximum absolute atomic E-state index is 12.4. The average molecular weight is 565 g/mol. The van der Waals surface area contributed by atoms with E-state index in [2.05, 4.69) is 69.5 Å². The van der Waals surface area contributed by atoms with E-state index < -0.39 is 23.1 Å². The molecule has 0 spiro atoms. The van der Waals surface area contributed by atoms with Gasteiger partial charge in [-0.1, -0.05) is 75.4 Å². The quantitative estimate of drug-likeness (QED) is 0.134. The maximum atomic E-state index is 12.4. The molecule has 0 fully saturated rings. The van der Waals surface area contributed by atoms with Gasteiger partial charge in [0, 0.05) is 5.92 Å². The van der Waals surface area contributed by atoms with E-state index in [0.29, 0.717) is 12.8 Å². The number of ether oxygens (including phenoxy) is 2. The monoisotopic (exact) mass is 564 g/mol. The van der Waals surface area contributed by atoms with Crippen molar-refractivity contribution in [3.8, 4) is 11.1 Å². The van der Waals surface area contributed by atoms with Crippen LogP contribution in [0.2, 0.25) is 0 Å². The van der Waals surface area contributed by atoms with Crippen molar-refractivity contribution in [2.24, 2.45) is 5.92 Å². The van der Waals surface area contributed by atoms with Crippen molar-refractivity contribution in [3.05, 3.63) is 83.5 Å². The van der Waals surface area contributed by atoms with E-state index in [1.807, 2.05) is 0 Å². The van der Waals surface area contributed by atoms with Crippen LogP contribution in [0.15, 0.2) is 66.8 Å². The second-order valence-electron chi connectivity index (χ2n) is 12.0. The number of aryl methyl sites for hydroxylation is 3. The van der Waals surface area contributed by atoms with Gasteiger partial charge in [0.15, 0.2) is 0 Å². The van der Waals surface area contributed by atoms with E-state index in [0.717, 1.165) is 17.5 Å². The Bertz CT molecular complexity index is 1150. The van der Waals surface area contributed by atoms with Crippen molar-refractivity contribution in [3.63, 3.8) is 0 Å². The van der Waals surface area contributed by atoms with Crippen LogP contribution < -0.4 is 0 Å². The summed E-state index contributed by atoms with van der Waals surface area (Å²) in [5, 5.41) is 20.1. The molecular formula is C35H48O6. The second-order valence-corrected chi connectivity index (χ2v) is 12.0.